The number of halogens is 6. The van der Waals surface area contributed by atoms with Gasteiger partial charge in [0.15, 0.2) is 0 Å². The monoisotopic (exact) mass is 382 g/mol. The first-order valence-corrected chi connectivity index (χ1v) is 7.19. The molecule has 0 rings (SSSR count). The highest BCUT2D eigenvalue weighted by Gasteiger charge is 2.76. The molecule has 0 saturated carbocycles. The summed E-state index contributed by atoms with van der Waals surface area (Å²) in [4.78, 5) is 22.8. The predicted molar refractivity (Wildman–Crippen MR) is 72.2 cm³/mol. The Morgan fingerprint density at radius 1 is 0.960 bits per heavy atom. The molecule has 0 fully saturated rings. The Labute approximate surface area is 140 Å². The molecule has 148 valence electrons. The van der Waals surface area contributed by atoms with Gasteiger partial charge in [0.1, 0.15) is 0 Å². The number of esters is 2. The maximum atomic E-state index is 12.5. The third kappa shape index (κ3) is 5.75. The van der Waals surface area contributed by atoms with Crippen LogP contribution in [-0.4, -0.2) is 48.2 Å². The van der Waals surface area contributed by atoms with Crippen molar-refractivity contribution in [3.05, 3.63) is 0 Å². The van der Waals surface area contributed by atoms with Gasteiger partial charge in [-0.2, -0.15) is 26.3 Å². The van der Waals surface area contributed by atoms with E-state index >= 15 is 0 Å². The Hall–Kier alpha value is -1.52. The van der Waals surface area contributed by atoms with E-state index in [2.05, 4.69) is 4.74 Å². The second kappa shape index (κ2) is 7.79. The summed E-state index contributed by atoms with van der Waals surface area (Å²) in [5, 5.41) is 8.86. The molecular formula is C14H20F6O5. The van der Waals surface area contributed by atoms with Gasteiger partial charge < -0.3 is 14.6 Å². The van der Waals surface area contributed by atoms with Crippen LogP contribution in [0.4, 0.5) is 26.3 Å². The van der Waals surface area contributed by atoms with Crippen LogP contribution >= 0.6 is 0 Å². The number of hydrogen-bond acceptors (Lipinski definition) is 5. The van der Waals surface area contributed by atoms with Gasteiger partial charge in [-0.1, -0.05) is 27.7 Å². The molecule has 0 aliphatic carbocycles. The maximum absolute atomic E-state index is 12.5. The van der Waals surface area contributed by atoms with Crippen LogP contribution in [0.25, 0.3) is 0 Å². The predicted octanol–water partition coefficient (Wildman–Crippen LogP) is 3.00. The molecule has 1 unspecified atom stereocenters. The lowest BCUT2D eigenvalue weighted by Gasteiger charge is -2.31. The summed E-state index contributed by atoms with van der Waals surface area (Å²) < 4.78 is 84.0. The lowest BCUT2D eigenvalue weighted by Crippen LogP contribution is -2.63. The fraction of sp³-hybridized carbons (Fsp3) is 0.857. The highest BCUT2D eigenvalue weighted by Crippen LogP contribution is 2.44. The molecule has 0 aliphatic heterocycles. The summed E-state index contributed by atoms with van der Waals surface area (Å²) in [7, 11) is 0. The quantitative estimate of drug-likeness (QED) is 0.541. The van der Waals surface area contributed by atoms with Crippen LogP contribution in [0.3, 0.4) is 0 Å². The Morgan fingerprint density at radius 3 is 1.72 bits per heavy atom. The molecule has 0 aromatic carbocycles. The van der Waals surface area contributed by atoms with Crippen LogP contribution in [0.1, 0.15) is 34.1 Å². The topological polar surface area (TPSA) is 72.8 Å². The van der Waals surface area contributed by atoms with E-state index in [-0.39, 0.29) is 0 Å². The molecule has 0 bridgehead atoms. The highest BCUT2D eigenvalue weighted by molar-refractivity contribution is 5.81. The number of carbonyl (C=O) groups is 2. The number of alkyl halides is 6. The average Bonchev–Trinajstić information content (AvgIpc) is 2.46. The first-order valence-electron chi connectivity index (χ1n) is 7.19. The van der Waals surface area contributed by atoms with Crippen LogP contribution in [0.15, 0.2) is 0 Å². The van der Waals surface area contributed by atoms with Crippen LogP contribution in [0, 0.1) is 11.3 Å². The van der Waals surface area contributed by atoms with Crippen molar-refractivity contribution >= 4 is 11.9 Å². The molecule has 0 aromatic heterocycles. The van der Waals surface area contributed by atoms with E-state index in [9.17, 15) is 35.9 Å². The molecule has 1 atom stereocenters. The second-order valence-corrected chi connectivity index (χ2v) is 6.36. The molecule has 25 heavy (non-hydrogen) atoms. The zero-order chi connectivity index (χ0) is 20.3. The number of rotatable bonds is 7. The minimum atomic E-state index is -6.31. The molecule has 0 amide bonds. The average molecular weight is 382 g/mol. The van der Waals surface area contributed by atoms with Gasteiger partial charge in [0.2, 0.25) is 0 Å². The fourth-order valence-electron chi connectivity index (χ4n) is 1.37. The molecule has 0 spiro atoms. The molecule has 1 N–H and O–H groups in total. The summed E-state index contributed by atoms with van der Waals surface area (Å²) in [6.45, 7) is 4.54. The number of ether oxygens (including phenoxy) is 2. The zero-order valence-corrected chi connectivity index (χ0v) is 14.0. The fourth-order valence-corrected chi connectivity index (χ4v) is 1.37. The SMILES string of the molecule is CCC(C)C(=O)OCC(C)(C)COC(=O)C(O)(C(F)(F)F)C(F)(F)F. The van der Waals surface area contributed by atoms with Crippen molar-refractivity contribution in [2.24, 2.45) is 11.3 Å². The van der Waals surface area contributed by atoms with Crippen molar-refractivity contribution in [2.45, 2.75) is 52.1 Å². The van der Waals surface area contributed by atoms with Crippen LogP contribution < -0.4 is 0 Å². The summed E-state index contributed by atoms with van der Waals surface area (Å²) in [5.41, 5.74) is -6.90. The number of carbonyl (C=O) groups excluding carboxylic acids is 2. The zero-order valence-electron chi connectivity index (χ0n) is 14.0. The van der Waals surface area contributed by atoms with Gasteiger partial charge in [0.05, 0.1) is 19.1 Å². The van der Waals surface area contributed by atoms with Crippen LogP contribution in [-0.2, 0) is 19.1 Å². The molecule has 0 aromatic rings. The molecular weight excluding hydrogens is 362 g/mol. The number of aliphatic hydroxyl groups is 1. The van der Waals surface area contributed by atoms with Crippen molar-refractivity contribution in [2.75, 3.05) is 13.2 Å². The van der Waals surface area contributed by atoms with Crippen LogP contribution in [0.5, 0.6) is 0 Å². The van der Waals surface area contributed by atoms with E-state index in [1.165, 1.54) is 13.8 Å². The van der Waals surface area contributed by atoms with E-state index in [4.69, 9.17) is 9.84 Å². The van der Waals surface area contributed by atoms with E-state index in [0.717, 1.165) is 0 Å². The van der Waals surface area contributed by atoms with Gasteiger partial charge in [0.25, 0.3) is 0 Å². The summed E-state index contributed by atoms with van der Waals surface area (Å²) in [5.74, 6) is -3.95. The van der Waals surface area contributed by atoms with Gasteiger partial charge in [0, 0.05) is 5.41 Å². The van der Waals surface area contributed by atoms with Crippen molar-refractivity contribution < 1.29 is 50.5 Å². The third-order valence-corrected chi connectivity index (χ3v) is 3.33. The largest absolute Gasteiger partial charge is 0.465 e. The molecule has 0 radical (unpaired) electrons. The lowest BCUT2D eigenvalue weighted by molar-refractivity contribution is -0.357. The molecule has 0 heterocycles. The number of hydrogen-bond donors (Lipinski definition) is 1. The summed E-state index contributed by atoms with van der Waals surface area (Å²) in [6, 6.07) is 0. The van der Waals surface area contributed by atoms with Gasteiger partial charge in [-0.05, 0) is 6.42 Å². The highest BCUT2D eigenvalue weighted by atomic mass is 19.4. The first kappa shape index (κ1) is 23.5. The normalized spacial score (nSPS) is 14.8. The molecule has 0 aliphatic rings. The first-order chi connectivity index (χ1) is 11.0. The standard InChI is InChI=1S/C14H20F6O5/c1-5-8(2)9(21)24-6-11(3,4)7-25-10(22)12(23,13(15,16)17)14(18,19)20/h8,23H,5-7H2,1-4H3. The van der Waals surface area contributed by atoms with E-state index in [1.54, 1.807) is 13.8 Å². The van der Waals surface area contributed by atoms with Crippen molar-refractivity contribution in [1.82, 2.24) is 0 Å². The summed E-state index contributed by atoms with van der Waals surface area (Å²) in [6.07, 6.45) is -12.1. The third-order valence-electron chi connectivity index (χ3n) is 3.33. The van der Waals surface area contributed by atoms with E-state index in [0.29, 0.717) is 6.42 Å². The van der Waals surface area contributed by atoms with Gasteiger partial charge in [-0.3, -0.25) is 4.79 Å². The van der Waals surface area contributed by atoms with Gasteiger partial charge in [-0.15, -0.1) is 0 Å². The Bertz CT molecular complexity index is 469. The van der Waals surface area contributed by atoms with Crippen molar-refractivity contribution in [1.29, 1.82) is 0 Å². The van der Waals surface area contributed by atoms with Gasteiger partial charge >= 0.3 is 29.9 Å². The lowest BCUT2D eigenvalue weighted by atomic mass is 9.96. The van der Waals surface area contributed by atoms with E-state index in [1.807, 2.05) is 0 Å². The molecule has 0 saturated heterocycles. The van der Waals surface area contributed by atoms with Crippen molar-refractivity contribution in [3.63, 3.8) is 0 Å². The summed E-state index contributed by atoms with van der Waals surface area (Å²) >= 11 is 0. The van der Waals surface area contributed by atoms with Crippen LogP contribution in [0.2, 0.25) is 0 Å². The molecule has 11 heteroatoms. The van der Waals surface area contributed by atoms with Gasteiger partial charge in [-0.25, -0.2) is 4.79 Å². The maximum Gasteiger partial charge on any atom is 0.437 e. The van der Waals surface area contributed by atoms with Crippen molar-refractivity contribution in [3.8, 4) is 0 Å². The molecule has 5 nitrogen and oxygen atoms in total. The Morgan fingerprint density at radius 2 is 1.36 bits per heavy atom. The Balaban J connectivity index is 4.98. The minimum absolute atomic E-state index is 0.403. The van der Waals surface area contributed by atoms with E-state index < -0.39 is 54.4 Å². The smallest absolute Gasteiger partial charge is 0.437 e. The minimum Gasteiger partial charge on any atom is -0.465 e. The Kier molecular flexibility index (Phi) is 7.32. The second-order valence-electron chi connectivity index (χ2n) is 6.36.